The minimum atomic E-state index is -1.09. The molecule has 6 nitrogen and oxygen atoms in total. The fourth-order valence-electron chi connectivity index (χ4n) is 4.27. The monoisotopic (exact) mass is 546 g/mol. The van der Waals surface area contributed by atoms with Gasteiger partial charge < -0.3 is 15.4 Å². The van der Waals surface area contributed by atoms with E-state index >= 15 is 0 Å². The number of hydrogen-bond donors (Lipinski definition) is 3. The molecule has 0 saturated heterocycles. The van der Waals surface area contributed by atoms with Crippen molar-refractivity contribution >= 4 is 45.4 Å². The van der Waals surface area contributed by atoms with Crippen molar-refractivity contribution in [2.45, 2.75) is 59.4 Å². The number of carboxylic acids is 1. The van der Waals surface area contributed by atoms with Crippen LogP contribution in [0.2, 0.25) is 0 Å². The van der Waals surface area contributed by atoms with E-state index in [2.05, 4.69) is 56.2 Å². The average Bonchev–Trinajstić information content (AvgIpc) is 2.90. The van der Waals surface area contributed by atoms with Crippen LogP contribution in [0.25, 0.3) is 21.8 Å². The fraction of sp³-hybridized carbons (Fsp3) is 0.344. The molecule has 3 aromatic rings. The summed E-state index contributed by atoms with van der Waals surface area (Å²) in [5.41, 5.74) is 5.11. The second kappa shape index (κ2) is 14.5. The Morgan fingerprint density at radius 1 is 0.923 bits per heavy atom. The highest BCUT2D eigenvalue weighted by Gasteiger charge is 2.22. The van der Waals surface area contributed by atoms with Crippen molar-refractivity contribution < 1.29 is 14.7 Å². The quantitative estimate of drug-likeness (QED) is 0.122. The van der Waals surface area contributed by atoms with Gasteiger partial charge in [-0.1, -0.05) is 53.1 Å². The van der Waals surface area contributed by atoms with E-state index < -0.39 is 17.9 Å². The molecule has 0 radical (unpaired) electrons. The molecular formula is C32H38N2O4S. The number of aliphatic carboxylic acids is 1. The van der Waals surface area contributed by atoms with Gasteiger partial charge in [-0.3, -0.25) is 9.59 Å². The van der Waals surface area contributed by atoms with Crippen LogP contribution >= 0.6 is 11.8 Å². The summed E-state index contributed by atoms with van der Waals surface area (Å²) in [6, 6.07) is 11.0. The van der Waals surface area contributed by atoms with Crippen molar-refractivity contribution in [1.29, 1.82) is 0 Å². The lowest BCUT2D eigenvalue weighted by atomic mass is 10.1. The molecule has 0 saturated carbocycles. The van der Waals surface area contributed by atoms with Crippen LogP contribution in [0.3, 0.4) is 0 Å². The Morgan fingerprint density at radius 2 is 1.59 bits per heavy atom. The first-order valence-corrected chi connectivity index (χ1v) is 14.4. The number of aromatic nitrogens is 1. The van der Waals surface area contributed by atoms with E-state index in [1.54, 1.807) is 36.4 Å². The van der Waals surface area contributed by atoms with E-state index in [-0.39, 0.29) is 16.7 Å². The number of H-pyrrole nitrogens is 1. The first kappa shape index (κ1) is 30.0. The number of allylic oxidation sites excluding steroid dienone is 5. The zero-order valence-corrected chi connectivity index (χ0v) is 24.0. The highest BCUT2D eigenvalue weighted by molar-refractivity contribution is 7.99. The second-order valence-electron chi connectivity index (χ2n) is 10.1. The number of rotatable bonds is 13. The summed E-state index contributed by atoms with van der Waals surface area (Å²) in [6.07, 6.45) is 10.8. The van der Waals surface area contributed by atoms with Crippen LogP contribution < -0.4 is 10.7 Å². The maximum atomic E-state index is 13.1. The maximum Gasteiger partial charge on any atom is 0.327 e. The number of carbonyl (C=O) groups excluding carboxylic acids is 1. The van der Waals surface area contributed by atoms with Crippen molar-refractivity contribution in [2.24, 2.45) is 0 Å². The van der Waals surface area contributed by atoms with Crippen molar-refractivity contribution in [3.05, 3.63) is 93.2 Å². The number of fused-ring (bicyclic) bond motifs is 2. The highest BCUT2D eigenvalue weighted by atomic mass is 32.2. The summed E-state index contributed by atoms with van der Waals surface area (Å²) >= 11 is 1.47. The molecule has 0 aliphatic carbocycles. The van der Waals surface area contributed by atoms with Gasteiger partial charge >= 0.3 is 5.97 Å². The molecule has 1 heterocycles. The SMILES string of the molecule is CC(C)=CCC/C(C)=C/CC/C(C)=C/CSC[C@H](NC(=O)c1cccc2c(=O)c3ccccc3[nH]c12)C(=O)O. The predicted octanol–water partition coefficient (Wildman–Crippen LogP) is 7.02. The lowest BCUT2D eigenvalue weighted by molar-refractivity contribution is -0.138. The Bertz CT molecular complexity index is 1480. The Kier molecular flexibility index (Phi) is 11.2. The van der Waals surface area contributed by atoms with Gasteiger partial charge in [0.1, 0.15) is 6.04 Å². The molecule has 39 heavy (non-hydrogen) atoms. The topological polar surface area (TPSA) is 99.3 Å². The van der Waals surface area contributed by atoms with Gasteiger partial charge in [-0.25, -0.2) is 4.79 Å². The summed E-state index contributed by atoms with van der Waals surface area (Å²) in [5.74, 6) is -0.719. The molecule has 3 rings (SSSR count). The van der Waals surface area contributed by atoms with Gasteiger partial charge in [-0.05, 0) is 77.6 Å². The minimum Gasteiger partial charge on any atom is -0.480 e. The third kappa shape index (κ3) is 8.72. The Morgan fingerprint density at radius 3 is 2.31 bits per heavy atom. The van der Waals surface area contributed by atoms with Crippen molar-refractivity contribution in [1.82, 2.24) is 10.3 Å². The van der Waals surface area contributed by atoms with Gasteiger partial charge in [0.2, 0.25) is 0 Å². The van der Waals surface area contributed by atoms with Gasteiger partial charge in [-0.2, -0.15) is 11.8 Å². The number of pyridine rings is 1. The fourth-order valence-corrected chi connectivity index (χ4v) is 5.27. The molecule has 0 aliphatic heterocycles. The summed E-state index contributed by atoms with van der Waals surface area (Å²) in [5, 5.41) is 13.3. The zero-order chi connectivity index (χ0) is 28.4. The largest absolute Gasteiger partial charge is 0.480 e. The molecule has 0 aliphatic rings. The molecule has 3 N–H and O–H groups in total. The standard InChI is InChI=1S/C32H38N2O4S/c1-21(2)10-7-11-22(3)12-8-13-23(4)18-19-39-20-28(32(37)38)34-31(36)26-16-9-15-25-29(26)33-27-17-6-5-14-24(27)30(25)35/h5-6,9-10,12,14-18,28H,7-8,11,13,19-20H2,1-4H3,(H,33,35)(H,34,36)(H,37,38)/b22-12+,23-18+/t28-/m0/s1. The van der Waals surface area contributed by atoms with Gasteiger partial charge in [0.25, 0.3) is 5.91 Å². The van der Waals surface area contributed by atoms with Crippen LogP contribution in [-0.4, -0.2) is 39.5 Å². The smallest absolute Gasteiger partial charge is 0.327 e. The lowest BCUT2D eigenvalue weighted by Gasteiger charge is -2.15. The van der Waals surface area contributed by atoms with Crippen LogP contribution in [0.1, 0.15) is 63.7 Å². The second-order valence-corrected chi connectivity index (χ2v) is 11.2. The number of carboxylic acid groups (broad SMARTS) is 1. The van der Waals surface area contributed by atoms with Crippen LogP contribution in [0.4, 0.5) is 0 Å². The summed E-state index contributed by atoms with van der Waals surface area (Å²) in [4.78, 5) is 41.1. The van der Waals surface area contributed by atoms with E-state index in [9.17, 15) is 19.5 Å². The Balaban J connectivity index is 1.57. The van der Waals surface area contributed by atoms with Crippen molar-refractivity contribution in [2.75, 3.05) is 11.5 Å². The summed E-state index contributed by atoms with van der Waals surface area (Å²) < 4.78 is 0. The number of para-hydroxylation sites is 2. The van der Waals surface area contributed by atoms with Crippen molar-refractivity contribution in [3.63, 3.8) is 0 Å². The third-order valence-corrected chi connectivity index (χ3v) is 7.52. The summed E-state index contributed by atoms with van der Waals surface area (Å²) in [7, 11) is 0. The molecule has 1 aromatic heterocycles. The molecular weight excluding hydrogens is 508 g/mol. The average molecular weight is 547 g/mol. The maximum absolute atomic E-state index is 13.1. The minimum absolute atomic E-state index is 0.170. The Hall–Kier alpha value is -3.58. The number of benzene rings is 2. The van der Waals surface area contributed by atoms with Gasteiger partial charge in [0, 0.05) is 27.8 Å². The Labute approximate surface area is 234 Å². The first-order valence-electron chi connectivity index (χ1n) is 13.3. The molecule has 0 bridgehead atoms. The predicted molar refractivity (Wildman–Crippen MR) is 164 cm³/mol. The zero-order valence-electron chi connectivity index (χ0n) is 23.2. The van der Waals surface area contributed by atoms with E-state index in [1.165, 1.54) is 28.5 Å². The number of hydrogen-bond acceptors (Lipinski definition) is 4. The molecule has 0 spiro atoms. The number of thioether (sulfide) groups is 1. The van der Waals surface area contributed by atoms with Gasteiger partial charge in [0.05, 0.1) is 11.1 Å². The molecule has 0 unspecified atom stereocenters. The molecule has 1 atom stereocenters. The van der Waals surface area contributed by atoms with Crippen LogP contribution in [0, 0.1) is 0 Å². The molecule has 0 fully saturated rings. The van der Waals surface area contributed by atoms with Crippen LogP contribution in [0.15, 0.2) is 82.2 Å². The number of carbonyl (C=O) groups is 2. The number of amides is 1. The lowest BCUT2D eigenvalue weighted by Crippen LogP contribution is -2.42. The normalized spacial score (nSPS) is 12.9. The first-order chi connectivity index (χ1) is 18.7. The van der Waals surface area contributed by atoms with Crippen LogP contribution in [-0.2, 0) is 4.79 Å². The molecule has 1 amide bonds. The number of nitrogens with one attached hydrogen (secondary N) is 2. The third-order valence-electron chi connectivity index (χ3n) is 6.55. The molecule has 206 valence electrons. The van der Waals surface area contributed by atoms with E-state index in [0.717, 1.165) is 25.7 Å². The molecule has 7 heteroatoms. The van der Waals surface area contributed by atoms with Crippen molar-refractivity contribution in [3.8, 4) is 0 Å². The van der Waals surface area contributed by atoms with Crippen LogP contribution in [0.5, 0.6) is 0 Å². The van der Waals surface area contributed by atoms with E-state index in [4.69, 9.17) is 0 Å². The number of aromatic amines is 1. The highest BCUT2D eigenvalue weighted by Crippen LogP contribution is 2.19. The van der Waals surface area contributed by atoms with E-state index in [0.29, 0.717) is 27.6 Å². The van der Waals surface area contributed by atoms with Gasteiger partial charge in [0.15, 0.2) is 5.43 Å². The molecule has 2 aromatic carbocycles. The van der Waals surface area contributed by atoms with Gasteiger partial charge in [-0.15, -0.1) is 0 Å². The van der Waals surface area contributed by atoms with E-state index in [1.807, 2.05) is 6.07 Å². The summed E-state index contributed by atoms with van der Waals surface area (Å²) in [6.45, 7) is 8.50.